The Morgan fingerprint density at radius 2 is 1.67 bits per heavy atom. The van der Waals surface area contributed by atoms with Gasteiger partial charge < -0.3 is 5.11 Å². The van der Waals surface area contributed by atoms with Crippen LogP contribution in [0.2, 0.25) is 20.1 Å². The number of phenols is 1. The quantitative estimate of drug-likeness (QED) is 0.320. The highest BCUT2D eigenvalue weighted by Crippen LogP contribution is 2.41. The Kier molecular flexibility index (Phi) is 6.35. The predicted molar refractivity (Wildman–Crippen MR) is 124 cm³/mol. The van der Waals surface area contributed by atoms with Gasteiger partial charge in [-0.25, -0.2) is 0 Å². The monoisotopic (exact) mass is 476 g/mol. The molecule has 0 bridgehead atoms. The van der Waals surface area contributed by atoms with Crippen LogP contribution < -0.4 is 0 Å². The van der Waals surface area contributed by atoms with Gasteiger partial charge in [-0.1, -0.05) is 64.6 Å². The number of aromatic hydroxyl groups is 1. The van der Waals surface area contributed by atoms with Crippen molar-refractivity contribution < 1.29 is 5.11 Å². The zero-order valence-electron chi connectivity index (χ0n) is 15.6. The van der Waals surface area contributed by atoms with E-state index in [1.807, 2.05) is 30.3 Å². The van der Waals surface area contributed by atoms with Crippen LogP contribution in [0, 0.1) is 0 Å². The topological polar surface area (TPSA) is 46.0 Å². The second-order valence-electron chi connectivity index (χ2n) is 6.93. The van der Waals surface area contributed by atoms with Crippen LogP contribution in [0.1, 0.15) is 29.2 Å². The molecule has 0 aliphatic rings. The van der Waals surface area contributed by atoms with Crippen LogP contribution in [0.4, 0.5) is 0 Å². The molecule has 0 saturated carbocycles. The number of hydrogen-bond donors (Lipinski definition) is 1. The summed E-state index contributed by atoms with van der Waals surface area (Å²) in [5.74, 6) is -0.0879. The van der Waals surface area contributed by atoms with Crippen molar-refractivity contribution >= 4 is 57.3 Å². The highest BCUT2D eigenvalue weighted by Gasteiger charge is 2.23. The van der Waals surface area contributed by atoms with Gasteiger partial charge >= 0.3 is 0 Å². The van der Waals surface area contributed by atoms with Crippen molar-refractivity contribution in [1.82, 2.24) is 9.97 Å². The molecular weight excluding hydrogens is 462 g/mol. The summed E-state index contributed by atoms with van der Waals surface area (Å²) < 4.78 is 0. The van der Waals surface area contributed by atoms with Crippen molar-refractivity contribution in [2.75, 3.05) is 0 Å². The first-order chi connectivity index (χ1) is 14.4. The molecule has 7 heteroatoms. The lowest BCUT2D eigenvalue weighted by molar-refractivity contribution is 0.468. The fraction of sp³-hybridized carbons (Fsp3) is 0.130. The molecule has 30 heavy (non-hydrogen) atoms. The van der Waals surface area contributed by atoms with Crippen molar-refractivity contribution in [3.63, 3.8) is 0 Å². The van der Waals surface area contributed by atoms with Crippen molar-refractivity contribution in [1.29, 1.82) is 0 Å². The average Bonchev–Trinajstić information content (AvgIpc) is 2.74. The summed E-state index contributed by atoms with van der Waals surface area (Å²) in [6.07, 6.45) is 4.42. The molecule has 0 radical (unpaired) electrons. The van der Waals surface area contributed by atoms with E-state index in [0.717, 1.165) is 22.2 Å². The SMILES string of the molecule is Oc1c(C(CCc2cc(Cl)c(Cl)cn2)c2cc(Cl)ccc2Cl)ccc2cccnc12. The molecule has 0 spiro atoms. The van der Waals surface area contributed by atoms with E-state index in [9.17, 15) is 5.11 Å². The Bertz CT molecular complexity index is 1230. The fourth-order valence-corrected chi connectivity index (χ4v) is 4.28. The van der Waals surface area contributed by atoms with Crippen molar-refractivity contribution in [2.45, 2.75) is 18.8 Å². The lowest BCUT2D eigenvalue weighted by atomic mass is 9.85. The fourth-order valence-electron chi connectivity index (χ4n) is 3.57. The summed E-state index contributed by atoms with van der Waals surface area (Å²) in [6, 6.07) is 14.7. The molecule has 3 nitrogen and oxygen atoms in total. The summed E-state index contributed by atoms with van der Waals surface area (Å²) in [4.78, 5) is 8.70. The third kappa shape index (κ3) is 4.35. The lowest BCUT2D eigenvalue weighted by Gasteiger charge is -2.21. The number of rotatable bonds is 5. The van der Waals surface area contributed by atoms with Gasteiger partial charge in [0.05, 0.1) is 10.0 Å². The van der Waals surface area contributed by atoms with E-state index in [0.29, 0.717) is 38.4 Å². The van der Waals surface area contributed by atoms with E-state index in [-0.39, 0.29) is 11.7 Å². The van der Waals surface area contributed by atoms with Gasteiger partial charge in [-0.3, -0.25) is 9.97 Å². The van der Waals surface area contributed by atoms with Gasteiger partial charge in [0.25, 0.3) is 0 Å². The number of halogens is 4. The highest BCUT2D eigenvalue weighted by atomic mass is 35.5. The number of hydrogen-bond acceptors (Lipinski definition) is 3. The molecule has 0 saturated heterocycles. The number of pyridine rings is 2. The van der Waals surface area contributed by atoms with Gasteiger partial charge in [-0.2, -0.15) is 0 Å². The molecule has 0 aliphatic carbocycles. The molecular formula is C23H16Cl4N2O. The van der Waals surface area contributed by atoms with Gasteiger partial charge in [0.2, 0.25) is 0 Å². The first-order valence-electron chi connectivity index (χ1n) is 9.25. The second-order valence-corrected chi connectivity index (χ2v) is 8.58. The molecule has 1 atom stereocenters. The lowest BCUT2D eigenvalue weighted by Crippen LogP contribution is -2.06. The Morgan fingerprint density at radius 1 is 0.833 bits per heavy atom. The third-order valence-electron chi connectivity index (χ3n) is 5.04. The third-order valence-corrected chi connectivity index (χ3v) is 6.33. The number of fused-ring (bicyclic) bond motifs is 1. The highest BCUT2D eigenvalue weighted by molar-refractivity contribution is 6.41. The molecule has 4 aromatic rings. The van der Waals surface area contributed by atoms with Crippen molar-refractivity contribution in [3.05, 3.63) is 97.8 Å². The molecule has 2 heterocycles. The zero-order valence-corrected chi connectivity index (χ0v) is 18.6. The number of nitrogens with zero attached hydrogens (tertiary/aromatic N) is 2. The largest absolute Gasteiger partial charge is 0.505 e. The molecule has 0 amide bonds. The van der Waals surface area contributed by atoms with Crippen LogP contribution in [0.5, 0.6) is 5.75 Å². The van der Waals surface area contributed by atoms with Gasteiger partial charge in [-0.15, -0.1) is 0 Å². The number of aromatic nitrogens is 2. The average molecular weight is 478 g/mol. The zero-order chi connectivity index (χ0) is 21.3. The van der Waals surface area contributed by atoms with E-state index in [1.165, 1.54) is 6.20 Å². The molecule has 1 unspecified atom stereocenters. The van der Waals surface area contributed by atoms with Crippen molar-refractivity contribution in [3.8, 4) is 5.75 Å². The van der Waals surface area contributed by atoms with Crippen molar-refractivity contribution in [2.24, 2.45) is 0 Å². The van der Waals surface area contributed by atoms with E-state index in [4.69, 9.17) is 46.4 Å². The van der Waals surface area contributed by atoms with Gasteiger partial charge in [0.1, 0.15) is 11.3 Å². The smallest absolute Gasteiger partial charge is 0.145 e. The molecule has 2 aromatic heterocycles. The van der Waals surface area contributed by atoms with E-state index in [1.54, 1.807) is 24.4 Å². The predicted octanol–water partition coefficient (Wildman–Crippen LogP) is 7.71. The van der Waals surface area contributed by atoms with Gasteiger partial charge in [-0.05, 0) is 48.7 Å². The maximum Gasteiger partial charge on any atom is 0.145 e. The first kappa shape index (κ1) is 21.2. The van der Waals surface area contributed by atoms with Gasteiger partial charge in [0, 0.05) is 45.0 Å². The van der Waals surface area contributed by atoms with Crippen LogP contribution >= 0.6 is 46.4 Å². The molecule has 4 rings (SSSR count). The summed E-state index contributed by atoms with van der Waals surface area (Å²) >= 11 is 24.9. The Labute approximate surface area is 194 Å². The first-order valence-corrected chi connectivity index (χ1v) is 10.8. The minimum absolute atomic E-state index is 0.135. The summed E-state index contributed by atoms with van der Waals surface area (Å²) in [6.45, 7) is 0. The number of phenolic OH excluding ortho intramolecular Hbond substituents is 1. The van der Waals surface area contributed by atoms with Gasteiger partial charge in [0.15, 0.2) is 0 Å². The van der Waals surface area contributed by atoms with Crippen LogP contribution in [0.3, 0.4) is 0 Å². The van der Waals surface area contributed by atoms with Crippen LogP contribution in [-0.2, 0) is 6.42 Å². The van der Waals surface area contributed by atoms with E-state index >= 15 is 0 Å². The van der Waals surface area contributed by atoms with E-state index in [2.05, 4.69) is 9.97 Å². The Morgan fingerprint density at radius 3 is 2.47 bits per heavy atom. The number of benzene rings is 2. The van der Waals surface area contributed by atoms with Crippen LogP contribution in [0.25, 0.3) is 10.9 Å². The normalized spacial score (nSPS) is 12.3. The summed E-state index contributed by atoms with van der Waals surface area (Å²) in [5, 5.41) is 13.9. The summed E-state index contributed by atoms with van der Waals surface area (Å²) in [7, 11) is 0. The molecule has 0 fully saturated rings. The minimum atomic E-state index is -0.223. The maximum atomic E-state index is 11.0. The molecule has 152 valence electrons. The maximum absolute atomic E-state index is 11.0. The van der Waals surface area contributed by atoms with E-state index < -0.39 is 0 Å². The molecule has 1 N–H and O–H groups in total. The molecule has 2 aromatic carbocycles. The second kappa shape index (κ2) is 8.99. The molecule has 0 aliphatic heterocycles. The standard InChI is InChI=1S/C23H16Cl4N2O/c24-14-4-8-19(25)18(10-14)16(7-5-15-11-20(26)21(27)12-29-15)17-6-3-13-2-1-9-28-22(13)23(17)30/h1-4,6,8-12,16,30H,5,7H2. The summed E-state index contributed by atoms with van der Waals surface area (Å²) in [5.41, 5.74) is 2.90. The van der Waals surface area contributed by atoms with Crippen LogP contribution in [-0.4, -0.2) is 15.1 Å². The Balaban J connectivity index is 1.78. The van der Waals surface area contributed by atoms with Crippen LogP contribution in [0.15, 0.2) is 60.9 Å². The number of aryl methyl sites for hydroxylation is 1. The Hall–Kier alpha value is -2.04. The minimum Gasteiger partial charge on any atom is -0.505 e.